The van der Waals surface area contributed by atoms with Gasteiger partial charge in [0.05, 0.1) is 0 Å². The largest absolute Gasteiger partial charge is 0.330 e. The molecule has 4 heteroatoms. The maximum absolute atomic E-state index is 6.23. The van der Waals surface area contributed by atoms with Gasteiger partial charge >= 0.3 is 0 Å². The van der Waals surface area contributed by atoms with Crippen molar-refractivity contribution in [3.8, 4) is 0 Å². The van der Waals surface area contributed by atoms with Crippen molar-refractivity contribution in [2.45, 2.75) is 18.9 Å². The van der Waals surface area contributed by atoms with Gasteiger partial charge in [-0.2, -0.15) is 0 Å². The first-order valence-corrected chi connectivity index (χ1v) is 6.21. The Hall–Kier alpha value is -0.280. The van der Waals surface area contributed by atoms with Gasteiger partial charge in [-0.3, -0.25) is 0 Å². The van der Waals surface area contributed by atoms with E-state index in [9.17, 15) is 0 Å². The van der Waals surface area contributed by atoms with Crippen molar-refractivity contribution in [2.75, 3.05) is 13.6 Å². The average Bonchev–Trinajstić information content (AvgIpc) is 3.03. The van der Waals surface area contributed by atoms with Gasteiger partial charge in [0.15, 0.2) is 0 Å². The highest BCUT2D eigenvalue weighted by Gasteiger charge is 2.48. The van der Waals surface area contributed by atoms with Gasteiger partial charge in [-0.25, -0.2) is 0 Å². The van der Waals surface area contributed by atoms with E-state index < -0.39 is 0 Å². The maximum Gasteiger partial charge on any atom is 0.0468 e. The van der Waals surface area contributed by atoms with Gasteiger partial charge < -0.3 is 11.1 Å². The van der Waals surface area contributed by atoms with Crippen molar-refractivity contribution < 1.29 is 0 Å². The molecule has 0 aliphatic heterocycles. The van der Waals surface area contributed by atoms with Crippen molar-refractivity contribution in [2.24, 2.45) is 11.1 Å². The summed E-state index contributed by atoms with van der Waals surface area (Å²) in [7, 11) is 1.95. The Morgan fingerprint density at radius 2 is 2.12 bits per heavy atom. The Balaban J connectivity index is 2.34. The van der Waals surface area contributed by atoms with Gasteiger partial charge in [0.2, 0.25) is 0 Å². The second kappa shape index (κ2) is 4.53. The lowest BCUT2D eigenvalue weighted by Crippen LogP contribution is -2.32. The molecule has 1 aliphatic carbocycles. The topological polar surface area (TPSA) is 38.0 Å². The van der Waals surface area contributed by atoms with E-state index in [4.69, 9.17) is 28.9 Å². The van der Waals surface area contributed by atoms with Crippen molar-refractivity contribution in [3.63, 3.8) is 0 Å². The van der Waals surface area contributed by atoms with Crippen LogP contribution in [0, 0.1) is 5.41 Å². The van der Waals surface area contributed by atoms with E-state index in [1.54, 1.807) is 6.07 Å². The highest BCUT2D eigenvalue weighted by atomic mass is 35.5. The fraction of sp³-hybridized carbons (Fsp3) is 0.500. The average molecular weight is 259 g/mol. The lowest BCUT2D eigenvalue weighted by Gasteiger charge is -2.26. The lowest BCUT2D eigenvalue weighted by molar-refractivity contribution is 0.367. The van der Waals surface area contributed by atoms with Crippen LogP contribution in [0.25, 0.3) is 0 Å². The van der Waals surface area contributed by atoms with E-state index in [-0.39, 0.29) is 11.5 Å². The van der Waals surface area contributed by atoms with Crippen molar-refractivity contribution >= 4 is 23.2 Å². The Morgan fingerprint density at radius 3 is 2.56 bits per heavy atom. The van der Waals surface area contributed by atoms with Crippen LogP contribution in [-0.2, 0) is 0 Å². The van der Waals surface area contributed by atoms with Crippen LogP contribution in [0.4, 0.5) is 0 Å². The van der Waals surface area contributed by atoms with E-state index in [0.29, 0.717) is 16.6 Å². The number of rotatable bonds is 4. The molecule has 0 heterocycles. The molecule has 0 saturated heterocycles. The zero-order valence-electron chi connectivity index (χ0n) is 9.26. The van der Waals surface area contributed by atoms with Crippen LogP contribution in [0.2, 0.25) is 10.0 Å². The van der Waals surface area contributed by atoms with Crippen LogP contribution in [0.1, 0.15) is 24.4 Å². The minimum absolute atomic E-state index is 0.187. The predicted molar refractivity (Wildman–Crippen MR) is 69.0 cm³/mol. The van der Waals surface area contributed by atoms with Gasteiger partial charge in [-0.15, -0.1) is 0 Å². The Labute approximate surface area is 106 Å². The molecular formula is C12H16Cl2N2. The number of halogens is 2. The summed E-state index contributed by atoms with van der Waals surface area (Å²) >= 11 is 12.1. The Kier molecular flexibility index (Phi) is 3.45. The molecule has 0 spiro atoms. The van der Waals surface area contributed by atoms with Crippen molar-refractivity contribution in [3.05, 3.63) is 33.8 Å². The summed E-state index contributed by atoms with van der Waals surface area (Å²) in [6.45, 7) is 0.692. The molecule has 2 rings (SSSR count). The minimum atomic E-state index is 0.187. The molecule has 1 aromatic rings. The molecule has 1 aliphatic rings. The van der Waals surface area contributed by atoms with Crippen molar-refractivity contribution in [1.29, 1.82) is 0 Å². The molecule has 1 atom stereocenters. The molecule has 0 aromatic heterocycles. The van der Waals surface area contributed by atoms with Crippen molar-refractivity contribution in [1.82, 2.24) is 5.32 Å². The fourth-order valence-electron chi connectivity index (χ4n) is 2.30. The number of benzene rings is 1. The minimum Gasteiger partial charge on any atom is -0.330 e. The summed E-state index contributed by atoms with van der Waals surface area (Å²) in [6.07, 6.45) is 2.32. The molecule has 88 valence electrons. The number of hydrogen-bond donors (Lipinski definition) is 2. The van der Waals surface area contributed by atoms with Gasteiger partial charge in [0.1, 0.15) is 0 Å². The molecule has 1 unspecified atom stereocenters. The van der Waals surface area contributed by atoms with Crippen LogP contribution >= 0.6 is 23.2 Å². The summed E-state index contributed by atoms with van der Waals surface area (Å²) < 4.78 is 0. The number of nitrogens with one attached hydrogen (secondary N) is 1. The highest BCUT2D eigenvalue weighted by Crippen LogP contribution is 2.54. The first-order valence-electron chi connectivity index (χ1n) is 5.45. The molecule has 3 N–H and O–H groups in total. The van der Waals surface area contributed by atoms with Gasteiger partial charge in [-0.1, -0.05) is 29.3 Å². The third-order valence-electron chi connectivity index (χ3n) is 3.47. The monoisotopic (exact) mass is 258 g/mol. The zero-order valence-corrected chi connectivity index (χ0v) is 10.8. The molecule has 0 bridgehead atoms. The van der Waals surface area contributed by atoms with E-state index in [1.807, 2.05) is 19.2 Å². The molecule has 2 nitrogen and oxygen atoms in total. The summed E-state index contributed by atoms with van der Waals surface area (Å²) in [4.78, 5) is 0. The van der Waals surface area contributed by atoms with Crippen LogP contribution < -0.4 is 11.1 Å². The molecular weight excluding hydrogens is 243 g/mol. The molecule has 1 aromatic carbocycles. The van der Waals surface area contributed by atoms with Crippen LogP contribution in [0.5, 0.6) is 0 Å². The Bertz CT molecular complexity index is 389. The van der Waals surface area contributed by atoms with Crippen LogP contribution in [-0.4, -0.2) is 13.6 Å². The molecule has 0 amide bonds. The summed E-state index contributed by atoms with van der Waals surface area (Å²) in [5, 5.41) is 4.71. The first kappa shape index (κ1) is 12.2. The van der Waals surface area contributed by atoms with Gasteiger partial charge in [-0.05, 0) is 44.1 Å². The second-order valence-corrected chi connectivity index (χ2v) is 5.30. The van der Waals surface area contributed by atoms with Crippen LogP contribution in [0.15, 0.2) is 18.2 Å². The normalized spacial score (nSPS) is 19.5. The summed E-state index contributed by atoms with van der Waals surface area (Å²) in [5.74, 6) is 0. The van der Waals surface area contributed by atoms with E-state index >= 15 is 0 Å². The molecule has 1 fully saturated rings. The third kappa shape index (κ3) is 2.07. The summed E-state index contributed by atoms with van der Waals surface area (Å²) in [6, 6.07) is 5.87. The predicted octanol–water partition coefficient (Wildman–Crippen LogP) is 2.99. The zero-order chi connectivity index (χ0) is 11.8. The second-order valence-electron chi connectivity index (χ2n) is 4.45. The third-order valence-corrected chi connectivity index (χ3v) is 4.04. The Morgan fingerprint density at radius 1 is 1.44 bits per heavy atom. The SMILES string of the molecule is CNC(c1ccc(Cl)cc1Cl)C1(CN)CC1. The quantitative estimate of drug-likeness (QED) is 0.872. The maximum atomic E-state index is 6.23. The van der Waals surface area contributed by atoms with Crippen LogP contribution in [0.3, 0.4) is 0 Å². The standard InChI is InChI=1S/C12H16Cl2N2/c1-16-11(12(7-15)4-5-12)9-3-2-8(13)6-10(9)14/h2-3,6,11,16H,4-5,7,15H2,1H3. The van der Waals surface area contributed by atoms with Gasteiger partial charge in [0.25, 0.3) is 0 Å². The van der Waals surface area contributed by atoms with E-state index in [0.717, 1.165) is 18.4 Å². The summed E-state index contributed by atoms with van der Waals surface area (Å²) in [5.41, 5.74) is 7.13. The highest BCUT2D eigenvalue weighted by molar-refractivity contribution is 6.35. The smallest absolute Gasteiger partial charge is 0.0468 e. The molecule has 1 saturated carbocycles. The number of hydrogen-bond acceptors (Lipinski definition) is 2. The van der Waals surface area contributed by atoms with Gasteiger partial charge in [0, 0.05) is 21.5 Å². The lowest BCUT2D eigenvalue weighted by atomic mass is 9.90. The molecule has 0 radical (unpaired) electrons. The number of nitrogens with two attached hydrogens (primary N) is 1. The van der Waals surface area contributed by atoms with E-state index in [2.05, 4.69) is 5.32 Å². The fourth-order valence-corrected chi connectivity index (χ4v) is 2.82. The first-order chi connectivity index (χ1) is 7.63. The van der Waals surface area contributed by atoms with E-state index in [1.165, 1.54) is 0 Å². The molecule has 16 heavy (non-hydrogen) atoms.